The van der Waals surface area contributed by atoms with Gasteiger partial charge in [0, 0.05) is 64.1 Å². The van der Waals surface area contributed by atoms with Crippen molar-refractivity contribution < 1.29 is 4.79 Å². The molecule has 7 heteroatoms. The van der Waals surface area contributed by atoms with Crippen LogP contribution in [0.15, 0.2) is 36.9 Å². The molecule has 3 rings (SSSR count). The summed E-state index contributed by atoms with van der Waals surface area (Å²) in [5, 5.41) is 3.03. The molecule has 0 bridgehead atoms. The molecule has 2 aromatic heterocycles. The van der Waals surface area contributed by atoms with Crippen LogP contribution in [-0.2, 0) is 6.54 Å². The number of carbonyl (C=O) groups excluding carboxylic acids is 1. The molecule has 1 aliphatic heterocycles. The van der Waals surface area contributed by atoms with Gasteiger partial charge in [0.15, 0.2) is 0 Å². The molecule has 1 amide bonds. The van der Waals surface area contributed by atoms with Crippen molar-refractivity contribution in [3.05, 3.63) is 48.0 Å². The molecule has 2 aromatic rings. The summed E-state index contributed by atoms with van der Waals surface area (Å²) in [5.41, 5.74) is 1.75. The van der Waals surface area contributed by atoms with Gasteiger partial charge in [-0.25, -0.2) is 9.97 Å². The third-order valence-electron chi connectivity index (χ3n) is 4.24. The maximum absolute atomic E-state index is 12.7. The van der Waals surface area contributed by atoms with E-state index < -0.39 is 0 Å². The molecule has 3 heterocycles. The Labute approximate surface area is 148 Å². The Hall–Kier alpha value is -2.54. The number of carbonyl (C=O) groups is 1. The van der Waals surface area contributed by atoms with E-state index in [2.05, 4.69) is 31.2 Å². The lowest BCUT2D eigenvalue weighted by atomic mass is 10.2. The minimum absolute atomic E-state index is 0.00581. The van der Waals surface area contributed by atoms with Crippen molar-refractivity contribution in [1.82, 2.24) is 24.8 Å². The lowest BCUT2D eigenvalue weighted by molar-refractivity contribution is 0.0760. The minimum atomic E-state index is 0.00581. The normalized spacial score (nSPS) is 15.6. The number of nitrogens with one attached hydrogen (secondary N) is 1. The van der Waals surface area contributed by atoms with E-state index in [9.17, 15) is 4.79 Å². The SMILES string of the molecule is CCNc1ncc(C(=O)N2CCCN(Cc3cccnc3)CC2)cn1. The predicted molar refractivity (Wildman–Crippen MR) is 96.2 cm³/mol. The number of rotatable bonds is 5. The predicted octanol–water partition coefficient (Wildman–Crippen LogP) is 1.65. The van der Waals surface area contributed by atoms with E-state index in [1.54, 1.807) is 18.6 Å². The van der Waals surface area contributed by atoms with Gasteiger partial charge < -0.3 is 10.2 Å². The van der Waals surface area contributed by atoms with Gasteiger partial charge in [-0.2, -0.15) is 0 Å². The van der Waals surface area contributed by atoms with Crippen LogP contribution < -0.4 is 5.32 Å². The van der Waals surface area contributed by atoms with Gasteiger partial charge in [0.05, 0.1) is 5.56 Å². The van der Waals surface area contributed by atoms with Crippen LogP contribution in [0.1, 0.15) is 29.3 Å². The van der Waals surface area contributed by atoms with Crippen LogP contribution >= 0.6 is 0 Å². The van der Waals surface area contributed by atoms with E-state index in [1.807, 2.05) is 24.1 Å². The van der Waals surface area contributed by atoms with Crippen LogP contribution in [0, 0.1) is 0 Å². The molecule has 0 saturated carbocycles. The first-order chi connectivity index (χ1) is 12.3. The Morgan fingerprint density at radius 2 is 2.00 bits per heavy atom. The van der Waals surface area contributed by atoms with Gasteiger partial charge in [0.25, 0.3) is 5.91 Å². The molecule has 1 N–H and O–H groups in total. The molecule has 25 heavy (non-hydrogen) atoms. The number of amides is 1. The second-order valence-corrected chi connectivity index (χ2v) is 6.11. The number of hydrogen-bond acceptors (Lipinski definition) is 6. The van der Waals surface area contributed by atoms with Crippen molar-refractivity contribution in [3.63, 3.8) is 0 Å². The summed E-state index contributed by atoms with van der Waals surface area (Å²) in [6.07, 6.45) is 7.85. The lowest BCUT2D eigenvalue weighted by Gasteiger charge is -2.22. The highest BCUT2D eigenvalue weighted by molar-refractivity contribution is 5.93. The number of nitrogens with zero attached hydrogens (tertiary/aromatic N) is 5. The van der Waals surface area contributed by atoms with Crippen molar-refractivity contribution in [1.29, 1.82) is 0 Å². The highest BCUT2D eigenvalue weighted by atomic mass is 16.2. The van der Waals surface area contributed by atoms with Crippen LogP contribution in [0.3, 0.4) is 0 Å². The van der Waals surface area contributed by atoms with Gasteiger partial charge >= 0.3 is 0 Å². The minimum Gasteiger partial charge on any atom is -0.355 e. The van der Waals surface area contributed by atoms with E-state index in [1.165, 1.54) is 5.56 Å². The van der Waals surface area contributed by atoms with E-state index in [4.69, 9.17) is 0 Å². The van der Waals surface area contributed by atoms with Gasteiger partial charge in [-0.3, -0.25) is 14.7 Å². The van der Waals surface area contributed by atoms with Gasteiger partial charge in [0.1, 0.15) is 0 Å². The monoisotopic (exact) mass is 340 g/mol. The molecule has 132 valence electrons. The zero-order chi connectivity index (χ0) is 17.5. The van der Waals surface area contributed by atoms with Crippen LogP contribution in [0.4, 0.5) is 5.95 Å². The number of hydrogen-bond donors (Lipinski definition) is 1. The first-order valence-corrected chi connectivity index (χ1v) is 8.72. The first-order valence-electron chi connectivity index (χ1n) is 8.72. The Balaban J connectivity index is 1.57. The molecule has 1 saturated heterocycles. The summed E-state index contributed by atoms with van der Waals surface area (Å²) >= 11 is 0. The zero-order valence-corrected chi connectivity index (χ0v) is 14.6. The Kier molecular flexibility index (Phi) is 5.90. The fourth-order valence-electron chi connectivity index (χ4n) is 2.95. The van der Waals surface area contributed by atoms with Crippen LogP contribution in [0.5, 0.6) is 0 Å². The molecule has 0 spiro atoms. The average molecular weight is 340 g/mol. The molecule has 0 aromatic carbocycles. The fraction of sp³-hybridized carbons (Fsp3) is 0.444. The summed E-state index contributed by atoms with van der Waals surface area (Å²) in [6, 6.07) is 4.05. The maximum Gasteiger partial charge on any atom is 0.257 e. The molecule has 0 aliphatic carbocycles. The first kappa shape index (κ1) is 17.3. The Morgan fingerprint density at radius 3 is 2.72 bits per heavy atom. The molecule has 0 radical (unpaired) electrons. The van der Waals surface area contributed by atoms with Crippen molar-refractivity contribution in [3.8, 4) is 0 Å². The summed E-state index contributed by atoms with van der Waals surface area (Å²) in [6.45, 7) is 6.93. The largest absolute Gasteiger partial charge is 0.355 e. The Bertz CT molecular complexity index is 676. The van der Waals surface area contributed by atoms with Gasteiger partial charge in [-0.1, -0.05) is 6.07 Å². The molecule has 7 nitrogen and oxygen atoms in total. The lowest BCUT2D eigenvalue weighted by Crippen LogP contribution is -2.35. The topological polar surface area (TPSA) is 74.2 Å². The van der Waals surface area contributed by atoms with E-state index >= 15 is 0 Å². The van der Waals surface area contributed by atoms with Crippen LogP contribution in [0.2, 0.25) is 0 Å². The standard InChI is InChI=1S/C18H24N6O/c1-2-20-18-21-12-16(13-22-18)17(25)24-8-4-7-23(9-10-24)14-15-5-3-6-19-11-15/h3,5-6,11-13H,2,4,7-10,14H2,1H3,(H,20,21,22). The number of pyridine rings is 1. The van der Waals surface area contributed by atoms with E-state index in [-0.39, 0.29) is 5.91 Å². The molecular formula is C18H24N6O. The second kappa shape index (κ2) is 8.53. The van der Waals surface area contributed by atoms with Crippen molar-refractivity contribution in [2.24, 2.45) is 0 Å². The third kappa shape index (κ3) is 4.73. The third-order valence-corrected chi connectivity index (χ3v) is 4.24. The molecule has 1 aliphatic rings. The number of aromatic nitrogens is 3. The van der Waals surface area contributed by atoms with Crippen LogP contribution in [0.25, 0.3) is 0 Å². The summed E-state index contributed by atoms with van der Waals surface area (Å²) < 4.78 is 0. The zero-order valence-electron chi connectivity index (χ0n) is 14.6. The molecular weight excluding hydrogens is 316 g/mol. The molecule has 0 unspecified atom stereocenters. The number of anilines is 1. The quantitative estimate of drug-likeness (QED) is 0.892. The highest BCUT2D eigenvalue weighted by Crippen LogP contribution is 2.11. The van der Waals surface area contributed by atoms with Crippen molar-refractivity contribution in [2.45, 2.75) is 19.9 Å². The van der Waals surface area contributed by atoms with E-state index in [0.29, 0.717) is 18.1 Å². The summed E-state index contributed by atoms with van der Waals surface area (Å²) in [5.74, 6) is 0.559. The van der Waals surface area contributed by atoms with Crippen LogP contribution in [-0.4, -0.2) is 63.4 Å². The smallest absolute Gasteiger partial charge is 0.257 e. The molecule has 1 fully saturated rings. The summed E-state index contributed by atoms with van der Waals surface area (Å²) in [4.78, 5) is 29.5. The fourth-order valence-corrected chi connectivity index (χ4v) is 2.95. The van der Waals surface area contributed by atoms with E-state index in [0.717, 1.165) is 39.1 Å². The average Bonchev–Trinajstić information content (AvgIpc) is 2.89. The Morgan fingerprint density at radius 1 is 1.16 bits per heavy atom. The van der Waals surface area contributed by atoms with Crippen molar-refractivity contribution >= 4 is 11.9 Å². The van der Waals surface area contributed by atoms with Crippen molar-refractivity contribution in [2.75, 3.05) is 38.0 Å². The maximum atomic E-state index is 12.7. The van der Waals surface area contributed by atoms with Gasteiger partial charge in [0.2, 0.25) is 5.95 Å². The molecule has 0 atom stereocenters. The highest BCUT2D eigenvalue weighted by Gasteiger charge is 2.21. The second-order valence-electron chi connectivity index (χ2n) is 6.11. The summed E-state index contributed by atoms with van der Waals surface area (Å²) in [7, 11) is 0. The van der Waals surface area contributed by atoms with Gasteiger partial charge in [-0.05, 0) is 25.0 Å². The van der Waals surface area contributed by atoms with Gasteiger partial charge in [-0.15, -0.1) is 0 Å².